The molecule has 0 aromatic carbocycles. The van der Waals surface area contributed by atoms with Crippen LogP contribution in [-0.4, -0.2) is 48.3 Å². The second-order valence-electron chi connectivity index (χ2n) is 3.27. The van der Waals surface area contributed by atoms with E-state index in [-0.39, 0.29) is 19.2 Å². The van der Waals surface area contributed by atoms with Crippen LogP contribution in [0.25, 0.3) is 0 Å². The predicted molar refractivity (Wildman–Crippen MR) is 48.6 cm³/mol. The average Bonchev–Trinajstić information content (AvgIpc) is 2.62. The molecular formula is C9H14N2O3. The number of carboxylic acids is 1. The minimum atomic E-state index is -0.844. The third kappa shape index (κ3) is 2.22. The number of aliphatic carboxylic acids is 1. The summed E-state index contributed by atoms with van der Waals surface area (Å²) in [6.45, 7) is 3.50. The van der Waals surface area contributed by atoms with Crippen LogP contribution < -0.4 is 0 Å². The van der Waals surface area contributed by atoms with Crippen LogP contribution >= 0.6 is 0 Å². The molecule has 1 aliphatic rings. The smallest absolute Gasteiger partial charge is 0.310 e. The third-order valence-electron chi connectivity index (χ3n) is 2.52. The van der Waals surface area contributed by atoms with Crippen LogP contribution in [0.1, 0.15) is 6.92 Å². The van der Waals surface area contributed by atoms with Crippen LogP contribution in [0, 0.1) is 17.2 Å². The SMILES string of the molecule is CCN(CC#N)C1COCC1C(=O)O. The Bertz CT molecular complexity index is 249. The Labute approximate surface area is 82.9 Å². The number of rotatable bonds is 4. The zero-order valence-corrected chi connectivity index (χ0v) is 8.14. The second kappa shape index (κ2) is 4.94. The van der Waals surface area contributed by atoms with Gasteiger partial charge in [0.25, 0.3) is 0 Å². The van der Waals surface area contributed by atoms with Crippen LogP contribution in [0.5, 0.6) is 0 Å². The van der Waals surface area contributed by atoms with Crippen molar-refractivity contribution in [3.8, 4) is 6.07 Å². The van der Waals surface area contributed by atoms with E-state index in [1.807, 2.05) is 17.9 Å². The molecule has 0 spiro atoms. The quantitative estimate of drug-likeness (QED) is 0.640. The van der Waals surface area contributed by atoms with Crippen LogP contribution in [0.2, 0.25) is 0 Å². The lowest BCUT2D eigenvalue weighted by molar-refractivity contribution is -0.143. The number of carbonyl (C=O) groups is 1. The van der Waals surface area contributed by atoms with Crippen molar-refractivity contribution >= 4 is 5.97 Å². The van der Waals surface area contributed by atoms with Crippen LogP contribution in [0.3, 0.4) is 0 Å². The monoisotopic (exact) mass is 198 g/mol. The number of carboxylic acid groups (broad SMARTS) is 1. The van der Waals surface area contributed by atoms with Gasteiger partial charge in [0.1, 0.15) is 0 Å². The number of likely N-dealkylation sites (N-methyl/N-ethyl adjacent to an activating group) is 1. The molecule has 1 aliphatic heterocycles. The normalized spacial score (nSPS) is 26.4. The fourth-order valence-electron chi connectivity index (χ4n) is 1.69. The molecule has 0 bridgehead atoms. The summed E-state index contributed by atoms with van der Waals surface area (Å²) < 4.78 is 5.13. The van der Waals surface area contributed by atoms with Gasteiger partial charge in [0.15, 0.2) is 0 Å². The fraction of sp³-hybridized carbons (Fsp3) is 0.778. The molecule has 0 amide bonds. The Balaban J connectivity index is 2.64. The maximum absolute atomic E-state index is 10.8. The lowest BCUT2D eigenvalue weighted by atomic mass is 10.0. The van der Waals surface area contributed by atoms with Crippen LogP contribution in [0.15, 0.2) is 0 Å². The molecule has 0 radical (unpaired) electrons. The van der Waals surface area contributed by atoms with E-state index < -0.39 is 11.9 Å². The number of nitriles is 1. The highest BCUT2D eigenvalue weighted by Crippen LogP contribution is 2.19. The van der Waals surface area contributed by atoms with Gasteiger partial charge in [0, 0.05) is 6.04 Å². The fourth-order valence-corrected chi connectivity index (χ4v) is 1.69. The standard InChI is InChI=1S/C9H14N2O3/c1-2-11(4-3-10)8-6-14-5-7(8)9(12)13/h7-8H,2,4-6H2,1H3,(H,12,13). The molecule has 5 nitrogen and oxygen atoms in total. The first-order valence-corrected chi connectivity index (χ1v) is 4.62. The van der Waals surface area contributed by atoms with Crippen molar-refractivity contribution in [3.05, 3.63) is 0 Å². The largest absolute Gasteiger partial charge is 0.481 e. The zero-order valence-electron chi connectivity index (χ0n) is 8.14. The van der Waals surface area contributed by atoms with Gasteiger partial charge in [-0.3, -0.25) is 9.69 Å². The van der Waals surface area contributed by atoms with E-state index in [0.29, 0.717) is 13.2 Å². The minimum absolute atomic E-state index is 0.155. The van der Waals surface area contributed by atoms with Crippen molar-refractivity contribution in [2.45, 2.75) is 13.0 Å². The molecule has 1 fully saturated rings. The highest BCUT2D eigenvalue weighted by Gasteiger charge is 2.37. The Kier molecular flexibility index (Phi) is 3.86. The van der Waals surface area contributed by atoms with Crippen molar-refractivity contribution in [1.29, 1.82) is 5.26 Å². The maximum atomic E-state index is 10.8. The van der Waals surface area contributed by atoms with E-state index in [2.05, 4.69) is 0 Å². The molecule has 14 heavy (non-hydrogen) atoms. The van der Waals surface area contributed by atoms with E-state index in [4.69, 9.17) is 15.1 Å². The van der Waals surface area contributed by atoms with E-state index >= 15 is 0 Å². The van der Waals surface area contributed by atoms with Crippen LogP contribution in [0.4, 0.5) is 0 Å². The Morgan fingerprint density at radius 3 is 2.93 bits per heavy atom. The molecule has 0 saturated carbocycles. The molecule has 78 valence electrons. The molecule has 1 saturated heterocycles. The summed E-state index contributed by atoms with van der Waals surface area (Å²) in [6, 6.07) is 1.88. The Morgan fingerprint density at radius 1 is 1.71 bits per heavy atom. The summed E-state index contributed by atoms with van der Waals surface area (Å²) in [7, 11) is 0. The average molecular weight is 198 g/mol. The first-order chi connectivity index (χ1) is 6.70. The second-order valence-corrected chi connectivity index (χ2v) is 3.27. The molecule has 1 N–H and O–H groups in total. The Hall–Kier alpha value is -1.12. The first kappa shape index (κ1) is 11.0. The van der Waals surface area contributed by atoms with Gasteiger partial charge in [0.05, 0.1) is 31.7 Å². The predicted octanol–water partition coefficient (Wildman–Crippen LogP) is -0.0685. The minimum Gasteiger partial charge on any atom is -0.481 e. The highest BCUT2D eigenvalue weighted by atomic mass is 16.5. The van der Waals surface area contributed by atoms with Crippen LogP contribution in [-0.2, 0) is 9.53 Å². The highest BCUT2D eigenvalue weighted by molar-refractivity contribution is 5.71. The van der Waals surface area contributed by atoms with E-state index in [1.54, 1.807) is 0 Å². The topological polar surface area (TPSA) is 73.6 Å². The lowest BCUT2D eigenvalue weighted by Gasteiger charge is -2.26. The molecule has 2 atom stereocenters. The van der Waals surface area contributed by atoms with Gasteiger partial charge >= 0.3 is 5.97 Å². The molecule has 1 rings (SSSR count). The number of ether oxygens (including phenoxy) is 1. The molecule has 0 aromatic heterocycles. The van der Waals surface area contributed by atoms with Gasteiger partial charge in [0.2, 0.25) is 0 Å². The van der Waals surface area contributed by atoms with Crippen molar-refractivity contribution in [3.63, 3.8) is 0 Å². The summed E-state index contributed by atoms with van der Waals surface area (Å²) in [5.74, 6) is -1.34. The molecule has 0 aromatic rings. The molecule has 1 heterocycles. The van der Waals surface area contributed by atoms with Gasteiger partial charge in [-0.15, -0.1) is 0 Å². The van der Waals surface area contributed by atoms with Gasteiger partial charge in [-0.1, -0.05) is 6.92 Å². The molecule has 0 aliphatic carbocycles. The Morgan fingerprint density at radius 2 is 2.43 bits per heavy atom. The molecule has 2 unspecified atom stereocenters. The first-order valence-electron chi connectivity index (χ1n) is 4.62. The van der Waals surface area contributed by atoms with Crippen molar-refractivity contribution in [2.75, 3.05) is 26.3 Å². The summed E-state index contributed by atoms with van der Waals surface area (Å²) in [6.07, 6.45) is 0. The maximum Gasteiger partial charge on any atom is 0.310 e. The number of hydrogen-bond acceptors (Lipinski definition) is 4. The van der Waals surface area contributed by atoms with E-state index in [0.717, 1.165) is 0 Å². The lowest BCUT2D eigenvalue weighted by Crippen LogP contribution is -2.43. The zero-order chi connectivity index (χ0) is 10.6. The van der Waals surface area contributed by atoms with Crippen molar-refractivity contribution < 1.29 is 14.6 Å². The molecular weight excluding hydrogens is 184 g/mol. The van der Waals surface area contributed by atoms with Crippen molar-refractivity contribution in [1.82, 2.24) is 4.90 Å². The summed E-state index contributed by atoms with van der Waals surface area (Å²) in [4.78, 5) is 12.7. The van der Waals surface area contributed by atoms with E-state index in [9.17, 15) is 4.79 Å². The van der Waals surface area contributed by atoms with Gasteiger partial charge in [-0.05, 0) is 6.54 Å². The van der Waals surface area contributed by atoms with Crippen molar-refractivity contribution in [2.24, 2.45) is 5.92 Å². The van der Waals surface area contributed by atoms with Gasteiger partial charge in [-0.25, -0.2) is 0 Å². The number of hydrogen-bond donors (Lipinski definition) is 1. The van der Waals surface area contributed by atoms with Gasteiger partial charge < -0.3 is 9.84 Å². The summed E-state index contributed by atoms with van der Waals surface area (Å²) in [5.41, 5.74) is 0. The third-order valence-corrected chi connectivity index (χ3v) is 2.52. The summed E-state index contributed by atoms with van der Waals surface area (Å²) >= 11 is 0. The number of nitrogens with zero attached hydrogens (tertiary/aromatic N) is 2. The molecule has 5 heteroatoms. The summed E-state index contributed by atoms with van der Waals surface area (Å²) in [5, 5.41) is 17.5. The van der Waals surface area contributed by atoms with E-state index in [1.165, 1.54) is 0 Å². The van der Waals surface area contributed by atoms with Gasteiger partial charge in [-0.2, -0.15) is 5.26 Å².